The van der Waals surface area contributed by atoms with Gasteiger partial charge in [-0.1, -0.05) is 33.1 Å². The molecule has 1 aliphatic carbocycles. The summed E-state index contributed by atoms with van der Waals surface area (Å²) in [7, 11) is 0. The largest absolute Gasteiger partial charge is 0.316 e. The summed E-state index contributed by atoms with van der Waals surface area (Å²) in [5, 5.41) is 3.63. The molecule has 1 N–H and O–H groups in total. The molecule has 2 heteroatoms. The topological polar surface area (TPSA) is 15.3 Å². The first-order chi connectivity index (χ1) is 7.86. The van der Waals surface area contributed by atoms with E-state index < -0.39 is 0 Å². The van der Waals surface area contributed by atoms with Gasteiger partial charge in [-0.05, 0) is 57.9 Å². The van der Waals surface area contributed by atoms with Crippen LogP contribution in [0.15, 0.2) is 0 Å². The van der Waals surface area contributed by atoms with Gasteiger partial charge >= 0.3 is 0 Å². The van der Waals surface area contributed by atoms with Gasteiger partial charge in [-0.2, -0.15) is 0 Å². The third-order valence-corrected chi connectivity index (χ3v) is 3.88. The van der Waals surface area contributed by atoms with Gasteiger partial charge in [-0.25, -0.2) is 0 Å². The molecule has 1 rings (SSSR count). The van der Waals surface area contributed by atoms with Gasteiger partial charge in [-0.3, -0.25) is 0 Å². The van der Waals surface area contributed by atoms with Crippen molar-refractivity contribution in [3.63, 3.8) is 0 Å². The third kappa shape index (κ3) is 5.86. The Morgan fingerprint density at radius 2 is 1.75 bits per heavy atom. The van der Waals surface area contributed by atoms with E-state index in [2.05, 4.69) is 24.1 Å². The SMILES string of the molecule is CCN(CC)CCCNCC1CCCCC1. The fourth-order valence-electron chi connectivity index (χ4n) is 2.66. The van der Waals surface area contributed by atoms with Crippen LogP contribution in [-0.4, -0.2) is 37.6 Å². The maximum absolute atomic E-state index is 3.63. The predicted octanol–water partition coefficient (Wildman–Crippen LogP) is 2.89. The predicted molar refractivity (Wildman–Crippen MR) is 71.8 cm³/mol. The van der Waals surface area contributed by atoms with Crippen molar-refractivity contribution in [2.45, 2.75) is 52.4 Å². The molecule has 0 atom stereocenters. The highest BCUT2D eigenvalue weighted by atomic mass is 15.1. The quantitative estimate of drug-likeness (QED) is 0.640. The molecule has 1 aliphatic rings. The molecule has 1 saturated carbocycles. The Morgan fingerprint density at radius 1 is 1.06 bits per heavy atom. The summed E-state index contributed by atoms with van der Waals surface area (Å²) in [4.78, 5) is 2.50. The Kier molecular flexibility index (Phi) is 7.87. The minimum Gasteiger partial charge on any atom is -0.316 e. The molecule has 0 amide bonds. The van der Waals surface area contributed by atoms with Crippen LogP contribution in [0, 0.1) is 5.92 Å². The Hall–Kier alpha value is -0.0800. The van der Waals surface area contributed by atoms with E-state index in [-0.39, 0.29) is 0 Å². The fraction of sp³-hybridized carbons (Fsp3) is 1.00. The standard InChI is InChI=1S/C14H30N2/c1-3-16(4-2)12-8-11-15-13-14-9-6-5-7-10-14/h14-15H,3-13H2,1-2H3. The second kappa shape index (κ2) is 9.00. The average molecular weight is 226 g/mol. The molecular formula is C14H30N2. The van der Waals surface area contributed by atoms with Gasteiger partial charge in [0.25, 0.3) is 0 Å². The Morgan fingerprint density at radius 3 is 2.38 bits per heavy atom. The average Bonchev–Trinajstić information content (AvgIpc) is 2.35. The van der Waals surface area contributed by atoms with Crippen molar-refractivity contribution >= 4 is 0 Å². The molecule has 0 aromatic rings. The van der Waals surface area contributed by atoms with Gasteiger partial charge in [0.15, 0.2) is 0 Å². The molecule has 0 aromatic heterocycles. The molecular weight excluding hydrogens is 196 g/mol. The summed E-state index contributed by atoms with van der Waals surface area (Å²) in [6.45, 7) is 10.6. The first-order valence-electron chi connectivity index (χ1n) is 7.29. The number of nitrogens with zero attached hydrogens (tertiary/aromatic N) is 1. The lowest BCUT2D eigenvalue weighted by atomic mass is 9.89. The first-order valence-corrected chi connectivity index (χ1v) is 7.29. The van der Waals surface area contributed by atoms with Crippen molar-refractivity contribution in [3.8, 4) is 0 Å². The van der Waals surface area contributed by atoms with Crippen molar-refractivity contribution in [3.05, 3.63) is 0 Å². The van der Waals surface area contributed by atoms with Crippen LogP contribution >= 0.6 is 0 Å². The summed E-state index contributed by atoms with van der Waals surface area (Å²) in [6.07, 6.45) is 8.62. The first kappa shape index (κ1) is 14.0. The molecule has 0 unspecified atom stereocenters. The zero-order valence-corrected chi connectivity index (χ0v) is 11.3. The van der Waals surface area contributed by atoms with E-state index in [0.717, 1.165) is 5.92 Å². The van der Waals surface area contributed by atoms with E-state index in [4.69, 9.17) is 0 Å². The lowest BCUT2D eigenvalue weighted by Gasteiger charge is -2.22. The Balaban J connectivity index is 1.90. The molecule has 0 aromatic carbocycles. The van der Waals surface area contributed by atoms with Gasteiger partial charge < -0.3 is 10.2 Å². The highest BCUT2D eigenvalue weighted by Gasteiger charge is 2.12. The molecule has 2 nitrogen and oxygen atoms in total. The minimum atomic E-state index is 0.974. The van der Waals surface area contributed by atoms with E-state index >= 15 is 0 Å². The zero-order chi connectivity index (χ0) is 11.6. The molecule has 16 heavy (non-hydrogen) atoms. The molecule has 0 radical (unpaired) electrons. The van der Waals surface area contributed by atoms with Crippen LogP contribution in [0.25, 0.3) is 0 Å². The highest BCUT2D eigenvalue weighted by Crippen LogP contribution is 2.22. The molecule has 0 spiro atoms. The van der Waals surface area contributed by atoms with Crippen LogP contribution < -0.4 is 5.32 Å². The van der Waals surface area contributed by atoms with E-state index in [9.17, 15) is 0 Å². The number of nitrogens with one attached hydrogen (secondary N) is 1. The van der Waals surface area contributed by atoms with Gasteiger partial charge in [-0.15, -0.1) is 0 Å². The summed E-state index contributed by atoms with van der Waals surface area (Å²) < 4.78 is 0. The Labute approximate surface area is 102 Å². The Bertz CT molecular complexity index is 149. The second-order valence-electron chi connectivity index (χ2n) is 5.09. The van der Waals surface area contributed by atoms with Gasteiger partial charge in [0.1, 0.15) is 0 Å². The van der Waals surface area contributed by atoms with Gasteiger partial charge in [0, 0.05) is 0 Å². The van der Waals surface area contributed by atoms with Crippen molar-refractivity contribution in [1.29, 1.82) is 0 Å². The lowest BCUT2D eigenvalue weighted by Crippen LogP contribution is -2.29. The van der Waals surface area contributed by atoms with Crippen molar-refractivity contribution < 1.29 is 0 Å². The van der Waals surface area contributed by atoms with E-state index in [1.165, 1.54) is 71.2 Å². The number of hydrogen-bond donors (Lipinski definition) is 1. The van der Waals surface area contributed by atoms with Crippen molar-refractivity contribution in [2.24, 2.45) is 5.92 Å². The monoisotopic (exact) mass is 226 g/mol. The summed E-state index contributed by atoms with van der Waals surface area (Å²) in [6, 6.07) is 0. The highest BCUT2D eigenvalue weighted by molar-refractivity contribution is 4.68. The van der Waals surface area contributed by atoms with Crippen LogP contribution in [0.3, 0.4) is 0 Å². The van der Waals surface area contributed by atoms with E-state index in [1.807, 2.05) is 0 Å². The minimum absolute atomic E-state index is 0.974. The summed E-state index contributed by atoms with van der Waals surface area (Å²) in [5.41, 5.74) is 0. The zero-order valence-electron chi connectivity index (χ0n) is 11.3. The van der Waals surface area contributed by atoms with Crippen LogP contribution in [0.5, 0.6) is 0 Å². The number of rotatable bonds is 8. The molecule has 0 aliphatic heterocycles. The second-order valence-corrected chi connectivity index (χ2v) is 5.09. The molecule has 0 heterocycles. The third-order valence-electron chi connectivity index (χ3n) is 3.88. The molecule has 1 fully saturated rings. The molecule has 0 bridgehead atoms. The van der Waals surface area contributed by atoms with Crippen LogP contribution in [0.4, 0.5) is 0 Å². The van der Waals surface area contributed by atoms with E-state index in [1.54, 1.807) is 0 Å². The maximum atomic E-state index is 3.63. The summed E-state index contributed by atoms with van der Waals surface area (Å²) >= 11 is 0. The molecule has 0 saturated heterocycles. The van der Waals surface area contributed by atoms with Gasteiger partial charge in [0.05, 0.1) is 0 Å². The van der Waals surface area contributed by atoms with Gasteiger partial charge in [0.2, 0.25) is 0 Å². The van der Waals surface area contributed by atoms with Crippen LogP contribution in [-0.2, 0) is 0 Å². The van der Waals surface area contributed by atoms with Crippen LogP contribution in [0.1, 0.15) is 52.4 Å². The number of hydrogen-bond acceptors (Lipinski definition) is 2. The van der Waals surface area contributed by atoms with E-state index in [0.29, 0.717) is 0 Å². The normalized spacial score (nSPS) is 18.2. The fourth-order valence-corrected chi connectivity index (χ4v) is 2.66. The smallest absolute Gasteiger partial charge is 0.000687 e. The van der Waals surface area contributed by atoms with Crippen molar-refractivity contribution in [1.82, 2.24) is 10.2 Å². The van der Waals surface area contributed by atoms with Crippen LogP contribution in [0.2, 0.25) is 0 Å². The summed E-state index contributed by atoms with van der Waals surface area (Å²) in [5.74, 6) is 0.974. The molecule has 96 valence electrons. The van der Waals surface area contributed by atoms with Crippen molar-refractivity contribution in [2.75, 3.05) is 32.7 Å². The lowest BCUT2D eigenvalue weighted by molar-refractivity contribution is 0.292. The maximum Gasteiger partial charge on any atom is -0.000687 e.